The fraction of sp³-hybridized carbons (Fsp3) is 0.647. The third-order valence-electron chi connectivity index (χ3n) is 5.10. The first kappa shape index (κ1) is 14.5. The van der Waals surface area contributed by atoms with Gasteiger partial charge in [0.05, 0.1) is 0 Å². The molecule has 0 amide bonds. The first-order valence-electron chi connectivity index (χ1n) is 7.57. The molecule has 2 rings (SSSR count). The van der Waals surface area contributed by atoms with Gasteiger partial charge in [-0.15, -0.1) is 0 Å². The lowest BCUT2D eigenvalue weighted by molar-refractivity contribution is 0.1000. The molecule has 2 atom stereocenters. The first-order chi connectivity index (χ1) is 8.99. The molecule has 0 aliphatic carbocycles. The summed E-state index contributed by atoms with van der Waals surface area (Å²) >= 11 is 0. The second kappa shape index (κ2) is 5.64. The van der Waals surface area contributed by atoms with Crippen LogP contribution in [0.2, 0.25) is 0 Å². The third kappa shape index (κ3) is 2.70. The van der Waals surface area contributed by atoms with E-state index in [-0.39, 0.29) is 11.6 Å². The number of likely N-dealkylation sites (tertiary alicyclic amines) is 1. The topological polar surface area (TPSA) is 29.3 Å². The molecule has 0 saturated carbocycles. The molecule has 2 unspecified atom stereocenters. The summed E-state index contributed by atoms with van der Waals surface area (Å²) in [5, 5.41) is 0. The molecule has 2 heteroatoms. The van der Waals surface area contributed by atoms with E-state index in [1.54, 1.807) is 0 Å². The lowest BCUT2D eigenvalue weighted by Crippen LogP contribution is -2.51. The van der Waals surface area contributed by atoms with E-state index in [2.05, 4.69) is 50.8 Å². The summed E-state index contributed by atoms with van der Waals surface area (Å²) in [6.45, 7) is 11.3. The molecule has 0 spiro atoms. The van der Waals surface area contributed by atoms with Crippen LogP contribution in [0.15, 0.2) is 18.2 Å². The molecule has 1 aliphatic rings. The van der Waals surface area contributed by atoms with Gasteiger partial charge in [-0.3, -0.25) is 4.90 Å². The summed E-state index contributed by atoms with van der Waals surface area (Å²) in [6.07, 6.45) is 3.73. The zero-order valence-electron chi connectivity index (χ0n) is 12.9. The smallest absolute Gasteiger partial charge is 0.0479 e. The van der Waals surface area contributed by atoms with Crippen LogP contribution in [0.5, 0.6) is 0 Å². The number of hydrogen-bond acceptors (Lipinski definition) is 2. The van der Waals surface area contributed by atoms with Gasteiger partial charge in [0, 0.05) is 11.6 Å². The Hall–Kier alpha value is -0.860. The highest BCUT2D eigenvalue weighted by molar-refractivity contribution is 5.33. The Morgan fingerprint density at radius 3 is 2.37 bits per heavy atom. The maximum absolute atomic E-state index is 6.64. The third-order valence-corrected chi connectivity index (χ3v) is 5.10. The van der Waals surface area contributed by atoms with Crippen molar-refractivity contribution in [2.45, 2.75) is 58.5 Å². The van der Waals surface area contributed by atoms with Gasteiger partial charge in [0.1, 0.15) is 0 Å². The number of rotatable bonds is 4. The van der Waals surface area contributed by atoms with Crippen LogP contribution >= 0.6 is 0 Å². The molecule has 0 bridgehead atoms. The van der Waals surface area contributed by atoms with Crippen LogP contribution in [0, 0.1) is 13.8 Å². The molecule has 1 aromatic rings. The van der Waals surface area contributed by atoms with E-state index in [0.29, 0.717) is 0 Å². The van der Waals surface area contributed by atoms with Crippen molar-refractivity contribution in [2.75, 3.05) is 13.1 Å². The van der Waals surface area contributed by atoms with Crippen LogP contribution in [0.3, 0.4) is 0 Å². The average molecular weight is 260 g/mol. The van der Waals surface area contributed by atoms with Crippen molar-refractivity contribution in [3.8, 4) is 0 Å². The minimum atomic E-state index is 0.0815. The second-order valence-electron chi connectivity index (χ2n) is 6.23. The summed E-state index contributed by atoms with van der Waals surface area (Å²) in [4.78, 5) is 2.59. The monoisotopic (exact) mass is 260 g/mol. The molecule has 0 radical (unpaired) electrons. The van der Waals surface area contributed by atoms with E-state index in [4.69, 9.17) is 5.73 Å². The van der Waals surface area contributed by atoms with Gasteiger partial charge in [0.2, 0.25) is 0 Å². The van der Waals surface area contributed by atoms with Crippen LogP contribution in [-0.4, -0.2) is 23.5 Å². The quantitative estimate of drug-likeness (QED) is 0.896. The van der Waals surface area contributed by atoms with Crippen LogP contribution in [0.1, 0.15) is 55.8 Å². The van der Waals surface area contributed by atoms with Crippen molar-refractivity contribution in [3.05, 3.63) is 34.9 Å². The number of nitrogens with two attached hydrogens (primary N) is 1. The zero-order valence-corrected chi connectivity index (χ0v) is 12.9. The van der Waals surface area contributed by atoms with Crippen molar-refractivity contribution in [1.82, 2.24) is 4.90 Å². The highest BCUT2D eigenvalue weighted by Gasteiger charge is 2.38. The predicted molar refractivity (Wildman–Crippen MR) is 82.3 cm³/mol. The summed E-state index contributed by atoms with van der Waals surface area (Å²) < 4.78 is 0. The van der Waals surface area contributed by atoms with Crippen molar-refractivity contribution < 1.29 is 0 Å². The molecular formula is C17H28N2. The Bertz CT molecular complexity index is 435. The SMILES string of the molecule is CCC(C)(C(N)c1ccc(C)c(C)c1)N1CCCC1. The van der Waals surface area contributed by atoms with Gasteiger partial charge in [0.15, 0.2) is 0 Å². The van der Waals surface area contributed by atoms with Crippen LogP contribution in [-0.2, 0) is 0 Å². The number of nitrogens with zero attached hydrogens (tertiary/aromatic N) is 1. The van der Waals surface area contributed by atoms with Crippen LogP contribution < -0.4 is 5.73 Å². The Morgan fingerprint density at radius 1 is 1.21 bits per heavy atom. The van der Waals surface area contributed by atoms with Crippen molar-refractivity contribution >= 4 is 0 Å². The van der Waals surface area contributed by atoms with Gasteiger partial charge in [-0.25, -0.2) is 0 Å². The van der Waals surface area contributed by atoms with Gasteiger partial charge in [0.25, 0.3) is 0 Å². The standard InChI is InChI=1S/C17H28N2/c1-5-17(4,19-10-6-7-11-19)16(18)15-9-8-13(2)14(3)12-15/h8-9,12,16H,5-7,10-11,18H2,1-4H3. The predicted octanol–water partition coefficient (Wildman–Crippen LogP) is 3.57. The van der Waals surface area contributed by atoms with E-state index in [1.807, 2.05) is 0 Å². The molecule has 106 valence electrons. The van der Waals surface area contributed by atoms with E-state index in [0.717, 1.165) is 6.42 Å². The molecular weight excluding hydrogens is 232 g/mol. The van der Waals surface area contributed by atoms with E-state index in [9.17, 15) is 0 Å². The fourth-order valence-corrected chi connectivity index (χ4v) is 3.19. The number of hydrogen-bond donors (Lipinski definition) is 1. The van der Waals surface area contributed by atoms with Crippen LogP contribution in [0.25, 0.3) is 0 Å². The number of benzene rings is 1. The lowest BCUT2D eigenvalue weighted by atomic mass is 9.83. The summed E-state index contributed by atoms with van der Waals surface area (Å²) in [6, 6.07) is 6.76. The Kier molecular flexibility index (Phi) is 4.32. The molecule has 1 aliphatic heterocycles. The molecule has 1 aromatic carbocycles. The molecule has 19 heavy (non-hydrogen) atoms. The van der Waals surface area contributed by atoms with Gasteiger partial charge in [-0.1, -0.05) is 25.1 Å². The maximum Gasteiger partial charge on any atom is 0.0479 e. The second-order valence-corrected chi connectivity index (χ2v) is 6.23. The normalized spacial score (nSPS) is 21.3. The fourth-order valence-electron chi connectivity index (χ4n) is 3.19. The maximum atomic E-state index is 6.64. The van der Waals surface area contributed by atoms with Gasteiger partial charge < -0.3 is 5.73 Å². The molecule has 0 aromatic heterocycles. The summed E-state index contributed by atoms with van der Waals surface area (Å²) in [7, 11) is 0. The molecule has 1 fully saturated rings. The van der Waals surface area contributed by atoms with Gasteiger partial charge in [-0.2, -0.15) is 0 Å². The van der Waals surface area contributed by atoms with Gasteiger partial charge >= 0.3 is 0 Å². The van der Waals surface area contributed by atoms with Gasteiger partial charge in [-0.05, 0) is 69.8 Å². The highest BCUT2D eigenvalue weighted by Crippen LogP contribution is 2.35. The summed E-state index contributed by atoms with van der Waals surface area (Å²) in [5.41, 5.74) is 10.7. The Labute approximate surface area is 118 Å². The average Bonchev–Trinajstić information content (AvgIpc) is 2.94. The van der Waals surface area contributed by atoms with Crippen molar-refractivity contribution in [2.24, 2.45) is 5.73 Å². The first-order valence-corrected chi connectivity index (χ1v) is 7.57. The van der Waals surface area contributed by atoms with E-state index in [1.165, 1.54) is 42.6 Å². The minimum Gasteiger partial charge on any atom is -0.322 e. The zero-order chi connectivity index (χ0) is 14.0. The Morgan fingerprint density at radius 2 is 1.84 bits per heavy atom. The van der Waals surface area contributed by atoms with E-state index >= 15 is 0 Å². The lowest BCUT2D eigenvalue weighted by Gasteiger charge is -2.43. The van der Waals surface area contributed by atoms with Crippen LogP contribution in [0.4, 0.5) is 0 Å². The highest BCUT2D eigenvalue weighted by atomic mass is 15.2. The Balaban J connectivity index is 2.28. The molecule has 1 heterocycles. The number of aryl methyl sites for hydroxylation is 2. The molecule has 2 nitrogen and oxygen atoms in total. The van der Waals surface area contributed by atoms with Crippen molar-refractivity contribution in [1.29, 1.82) is 0 Å². The largest absolute Gasteiger partial charge is 0.322 e. The summed E-state index contributed by atoms with van der Waals surface area (Å²) in [5.74, 6) is 0. The van der Waals surface area contributed by atoms with Crippen molar-refractivity contribution in [3.63, 3.8) is 0 Å². The molecule has 1 saturated heterocycles. The minimum absolute atomic E-state index is 0.0815. The molecule has 2 N–H and O–H groups in total. The van der Waals surface area contributed by atoms with E-state index < -0.39 is 0 Å².